The Morgan fingerprint density at radius 1 is 1.12 bits per heavy atom. The highest BCUT2D eigenvalue weighted by Gasteiger charge is 2.41. The molecule has 1 aromatic rings. The summed E-state index contributed by atoms with van der Waals surface area (Å²) in [6.45, 7) is 4.58. The number of carbonyl (C=O) groups is 1. The maximum atomic E-state index is 12.7. The Hall–Kier alpha value is -2.08. The van der Waals surface area contributed by atoms with Gasteiger partial charge in [0.1, 0.15) is 0 Å². The van der Waals surface area contributed by atoms with Gasteiger partial charge >= 0.3 is 5.97 Å². The summed E-state index contributed by atoms with van der Waals surface area (Å²) in [7, 11) is 0. The van der Waals surface area contributed by atoms with Gasteiger partial charge in [-0.3, -0.25) is 0 Å². The van der Waals surface area contributed by atoms with Gasteiger partial charge in [0, 0.05) is 0 Å². The van der Waals surface area contributed by atoms with E-state index in [1.54, 1.807) is 0 Å². The van der Waals surface area contributed by atoms with Crippen LogP contribution in [0.5, 0.6) is 0 Å². The van der Waals surface area contributed by atoms with Crippen LogP contribution in [0.25, 0.3) is 0 Å². The molecule has 0 bridgehead atoms. The van der Waals surface area contributed by atoms with Crippen molar-refractivity contribution in [1.29, 1.82) is 5.26 Å². The molecule has 0 radical (unpaired) electrons. The molecule has 1 rings (SSSR count). The van der Waals surface area contributed by atoms with E-state index in [1.807, 2.05) is 43.3 Å². The third-order valence-electron chi connectivity index (χ3n) is 4.10. The highest BCUT2D eigenvalue weighted by atomic mass is 16.5. The van der Waals surface area contributed by atoms with Crippen LogP contribution in [0.4, 0.5) is 0 Å². The quantitative estimate of drug-likeness (QED) is 0.314. The molecule has 0 spiro atoms. The first-order chi connectivity index (χ1) is 11.7. The lowest BCUT2D eigenvalue weighted by Crippen LogP contribution is -2.36. The molecule has 0 aromatic heterocycles. The molecule has 3 nitrogen and oxygen atoms in total. The van der Waals surface area contributed by atoms with Gasteiger partial charge in [0.2, 0.25) is 0 Å². The molecule has 0 amide bonds. The standard InChI is InChI=1S/C21H29NO2/c1-3-5-7-8-9-13-16-21(18-22,19-14-11-10-12-15-19)20(23)24-17-6-4-2/h9-15H,3-8,16-17H2,1-2H3/b13-9+/t21-/m0/s1. The second-order valence-electron chi connectivity index (χ2n) is 6.04. The third kappa shape index (κ3) is 5.85. The van der Waals surface area contributed by atoms with Crippen LogP contribution >= 0.6 is 0 Å². The second kappa shape index (κ2) is 11.5. The highest BCUT2D eigenvalue weighted by molar-refractivity contribution is 5.87. The van der Waals surface area contributed by atoms with Crippen molar-refractivity contribution in [3.8, 4) is 6.07 Å². The van der Waals surface area contributed by atoms with Crippen molar-refractivity contribution in [1.82, 2.24) is 0 Å². The predicted molar refractivity (Wildman–Crippen MR) is 97.5 cm³/mol. The van der Waals surface area contributed by atoms with Crippen LogP contribution < -0.4 is 0 Å². The van der Waals surface area contributed by atoms with Gasteiger partial charge in [-0.05, 0) is 31.2 Å². The molecule has 0 aliphatic heterocycles. The van der Waals surface area contributed by atoms with Gasteiger partial charge in [0.25, 0.3) is 0 Å². The van der Waals surface area contributed by atoms with Gasteiger partial charge in [0.05, 0.1) is 12.7 Å². The second-order valence-corrected chi connectivity index (χ2v) is 6.04. The summed E-state index contributed by atoms with van der Waals surface area (Å²) in [5.41, 5.74) is -0.553. The number of rotatable bonds is 11. The topological polar surface area (TPSA) is 50.1 Å². The van der Waals surface area contributed by atoms with Crippen LogP contribution in [0.15, 0.2) is 42.5 Å². The average molecular weight is 327 g/mol. The fourth-order valence-electron chi connectivity index (χ4n) is 2.52. The van der Waals surface area contributed by atoms with Crippen LogP contribution in [-0.4, -0.2) is 12.6 Å². The monoisotopic (exact) mass is 327 g/mol. The van der Waals surface area contributed by atoms with E-state index >= 15 is 0 Å². The predicted octanol–water partition coefficient (Wildman–Crippen LogP) is 5.32. The van der Waals surface area contributed by atoms with Crippen molar-refractivity contribution in [2.24, 2.45) is 0 Å². The molecule has 0 unspecified atom stereocenters. The molecule has 1 atom stereocenters. The zero-order valence-corrected chi connectivity index (χ0v) is 15.0. The van der Waals surface area contributed by atoms with Crippen molar-refractivity contribution in [2.75, 3.05) is 6.61 Å². The maximum absolute atomic E-state index is 12.7. The summed E-state index contributed by atoms with van der Waals surface area (Å²) in [5.74, 6) is -0.442. The molecule has 0 heterocycles. The highest BCUT2D eigenvalue weighted by Crippen LogP contribution is 2.30. The normalized spacial score (nSPS) is 13.4. The molecule has 0 aliphatic rings. The molecule has 1 aromatic carbocycles. The smallest absolute Gasteiger partial charge is 0.331 e. The Labute approximate surface area is 146 Å². The summed E-state index contributed by atoms with van der Waals surface area (Å²) in [6.07, 6.45) is 10.6. The van der Waals surface area contributed by atoms with Crippen molar-refractivity contribution in [3.63, 3.8) is 0 Å². The minimum Gasteiger partial charge on any atom is -0.464 e. The molecule has 0 aliphatic carbocycles. The van der Waals surface area contributed by atoms with Crippen LogP contribution in [0.2, 0.25) is 0 Å². The van der Waals surface area contributed by atoms with Gasteiger partial charge < -0.3 is 4.74 Å². The van der Waals surface area contributed by atoms with Gasteiger partial charge in [0.15, 0.2) is 5.41 Å². The zero-order chi connectivity index (χ0) is 17.7. The van der Waals surface area contributed by atoms with E-state index in [2.05, 4.69) is 19.1 Å². The van der Waals surface area contributed by atoms with E-state index in [0.717, 1.165) is 25.7 Å². The van der Waals surface area contributed by atoms with Gasteiger partial charge in [-0.2, -0.15) is 5.26 Å². The number of allylic oxidation sites excluding steroid dienone is 2. The number of nitriles is 1. The largest absolute Gasteiger partial charge is 0.464 e. The van der Waals surface area contributed by atoms with E-state index < -0.39 is 11.4 Å². The fourth-order valence-corrected chi connectivity index (χ4v) is 2.52. The van der Waals surface area contributed by atoms with Gasteiger partial charge in [-0.15, -0.1) is 0 Å². The minimum absolute atomic E-state index is 0.352. The number of ether oxygens (including phenoxy) is 1. The Morgan fingerprint density at radius 2 is 1.83 bits per heavy atom. The van der Waals surface area contributed by atoms with Crippen LogP contribution in [0.3, 0.4) is 0 Å². The lowest BCUT2D eigenvalue weighted by atomic mass is 9.78. The third-order valence-corrected chi connectivity index (χ3v) is 4.10. The molecular weight excluding hydrogens is 298 g/mol. The number of hydrogen-bond donors (Lipinski definition) is 0. The van der Waals surface area contributed by atoms with E-state index in [-0.39, 0.29) is 0 Å². The van der Waals surface area contributed by atoms with Crippen LogP contribution in [0.1, 0.15) is 64.4 Å². The van der Waals surface area contributed by atoms with Crippen LogP contribution in [-0.2, 0) is 14.9 Å². The van der Waals surface area contributed by atoms with E-state index in [9.17, 15) is 10.1 Å². The average Bonchev–Trinajstić information content (AvgIpc) is 2.62. The Kier molecular flexibility index (Phi) is 9.53. The first-order valence-electron chi connectivity index (χ1n) is 9.00. The van der Waals surface area contributed by atoms with Crippen molar-refractivity contribution in [2.45, 2.75) is 64.2 Å². The summed E-state index contributed by atoms with van der Waals surface area (Å²) >= 11 is 0. The fraction of sp³-hybridized carbons (Fsp3) is 0.524. The molecule has 3 heteroatoms. The minimum atomic E-state index is -1.25. The van der Waals surface area contributed by atoms with Crippen LogP contribution in [0, 0.1) is 11.3 Å². The SMILES string of the molecule is CCCCC/C=C/C[C@@](C#N)(C(=O)OCCCC)c1ccccc1. The first kappa shape index (κ1) is 20.0. The number of nitrogens with zero attached hydrogens (tertiary/aromatic N) is 1. The summed E-state index contributed by atoms with van der Waals surface area (Å²) in [5, 5.41) is 9.81. The molecular formula is C21H29NO2. The van der Waals surface area contributed by atoms with Crippen molar-refractivity contribution < 1.29 is 9.53 Å². The Morgan fingerprint density at radius 3 is 2.46 bits per heavy atom. The number of hydrogen-bond acceptors (Lipinski definition) is 3. The van der Waals surface area contributed by atoms with Gasteiger partial charge in [-0.25, -0.2) is 4.79 Å². The molecule has 0 fully saturated rings. The molecule has 24 heavy (non-hydrogen) atoms. The van der Waals surface area contributed by atoms with E-state index in [0.29, 0.717) is 18.6 Å². The van der Waals surface area contributed by atoms with Gasteiger partial charge in [-0.1, -0.05) is 75.6 Å². The number of unbranched alkanes of at least 4 members (excludes halogenated alkanes) is 4. The van der Waals surface area contributed by atoms with Crippen molar-refractivity contribution >= 4 is 5.97 Å². The Balaban J connectivity index is 2.89. The first-order valence-corrected chi connectivity index (χ1v) is 9.00. The van der Waals surface area contributed by atoms with E-state index in [1.165, 1.54) is 12.8 Å². The lowest BCUT2D eigenvalue weighted by Gasteiger charge is -2.24. The molecule has 0 N–H and O–H groups in total. The number of esters is 1. The Bertz CT molecular complexity index is 545. The lowest BCUT2D eigenvalue weighted by molar-refractivity contribution is -0.148. The van der Waals surface area contributed by atoms with Crippen molar-refractivity contribution in [3.05, 3.63) is 48.0 Å². The van der Waals surface area contributed by atoms with E-state index in [4.69, 9.17) is 4.74 Å². The number of carbonyl (C=O) groups excluding carboxylic acids is 1. The summed E-state index contributed by atoms with van der Waals surface area (Å²) in [6, 6.07) is 11.5. The zero-order valence-electron chi connectivity index (χ0n) is 15.0. The summed E-state index contributed by atoms with van der Waals surface area (Å²) < 4.78 is 5.39. The molecule has 0 saturated carbocycles. The maximum Gasteiger partial charge on any atom is 0.331 e. The molecule has 130 valence electrons. The summed E-state index contributed by atoms with van der Waals surface area (Å²) in [4.78, 5) is 12.7. The molecule has 0 saturated heterocycles. The number of benzene rings is 1.